The van der Waals surface area contributed by atoms with Gasteiger partial charge in [0.15, 0.2) is 0 Å². The van der Waals surface area contributed by atoms with E-state index in [4.69, 9.17) is 4.74 Å². The van der Waals surface area contributed by atoms with E-state index in [-0.39, 0.29) is 18.4 Å². The number of methoxy groups -OCH3 is 1. The van der Waals surface area contributed by atoms with Gasteiger partial charge in [0, 0.05) is 10.6 Å². The van der Waals surface area contributed by atoms with Gasteiger partial charge in [0.25, 0.3) is 0 Å². The highest BCUT2D eigenvalue weighted by Crippen LogP contribution is 2.30. The predicted molar refractivity (Wildman–Crippen MR) is 95.1 cm³/mol. The van der Waals surface area contributed by atoms with E-state index in [1.807, 2.05) is 6.07 Å². The van der Waals surface area contributed by atoms with Gasteiger partial charge in [-0.25, -0.2) is 14.8 Å². The third-order valence-corrected chi connectivity index (χ3v) is 4.46. The molecular formula is C16H16ClN3O2S. The first-order chi connectivity index (χ1) is 10.7. The van der Waals surface area contributed by atoms with E-state index in [0.717, 1.165) is 28.1 Å². The summed E-state index contributed by atoms with van der Waals surface area (Å²) in [6.45, 7) is 2.12. The molecule has 0 fully saturated rings. The van der Waals surface area contributed by atoms with Crippen LogP contribution in [0.5, 0.6) is 0 Å². The molecule has 0 aliphatic carbocycles. The van der Waals surface area contributed by atoms with Gasteiger partial charge in [0.05, 0.1) is 18.1 Å². The number of ether oxygens (including phenoxy) is 1. The van der Waals surface area contributed by atoms with Crippen LogP contribution < -0.4 is 5.32 Å². The van der Waals surface area contributed by atoms with Crippen LogP contribution in [-0.2, 0) is 11.2 Å². The molecule has 1 N–H and O–H groups in total. The van der Waals surface area contributed by atoms with Crippen LogP contribution in [-0.4, -0.2) is 23.0 Å². The van der Waals surface area contributed by atoms with Crippen LogP contribution in [0.3, 0.4) is 0 Å². The monoisotopic (exact) mass is 349 g/mol. The Bertz CT molecular complexity index is 835. The van der Waals surface area contributed by atoms with E-state index < -0.39 is 0 Å². The molecule has 0 saturated heterocycles. The summed E-state index contributed by atoms with van der Waals surface area (Å²) in [5.74, 6) is 0.378. The molecule has 2 heterocycles. The number of anilines is 2. The Kier molecular flexibility index (Phi) is 5.52. The fourth-order valence-corrected chi connectivity index (χ4v) is 3.09. The average molecular weight is 350 g/mol. The molecule has 0 amide bonds. The number of fused-ring (bicyclic) bond motifs is 1. The smallest absolute Gasteiger partial charge is 0.337 e. The van der Waals surface area contributed by atoms with Gasteiger partial charge < -0.3 is 10.1 Å². The van der Waals surface area contributed by atoms with E-state index in [1.54, 1.807) is 35.9 Å². The molecule has 0 aliphatic rings. The van der Waals surface area contributed by atoms with Gasteiger partial charge in [-0.3, -0.25) is 0 Å². The van der Waals surface area contributed by atoms with Crippen molar-refractivity contribution in [2.75, 3.05) is 12.4 Å². The Morgan fingerprint density at radius 1 is 1.30 bits per heavy atom. The molecule has 120 valence electrons. The minimum atomic E-state index is -0.361. The normalized spacial score (nSPS) is 10.2. The molecule has 23 heavy (non-hydrogen) atoms. The maximum atomic E-state index is 11.6. The Hall–Kier alpha value is -2.18. The minimum Gasteiger partial charge on any atom is -0.465 e. The second-order valence-corrected chi connectivity index (χ2v) is 5.82. The zero-order chi connectivity index (χ0) is 15.5. The molecule has 0 bridgehead atoms. The van der Waals surface area contributed by atoms with E-state index in [9.17, 15) is 4.79 Å². The Morgan fingerprint density at radius 3 is 2.87 bits per heavy atom. The van der Waals surface area contributed by atoms with E-state index in [2.05, 4.69) is 28.3 Å². The number of nitrogens with one attached hydrogen (secondary N) is 1. The third kappa shape index (κ3) is 3.60. The van der Waals surface area contributed by atoms with E-state index >= 15 is 0 Å². The van der Waals surface area contributed by atoms with Gasteiger partial charge in [-0.2, -0.15) is 0 Å². The quantitative estimate of drug-likeness (QED) is 0.715. The fourth-order valence-electron chi connectivity index (χ4n) is 2.16. The zero-order valence-electron chi connectivity index (χ0n) is 12.7. The summed E-state index contributed by atoms with van der Waals surface area (Å²) in [4.78, 5) is 22.4. The maximum Gasteiger partial charge on any atom is 0.337 e. The molecule has 0 saturated carbocycles. The molecule has 2 aromatic heterocycles. The lowest BCUT2D eigenvalue weighted by molar-refractivity contribution is 0.0601. The number of hydrogen-bond donors (Lipinski definition) is 1. The number of rotatable bonds is 4. The van der Waals surface area contributed by atoms with Gasteiger partial charge in [0.2, 0.25) is 0 Å². The van der Waals surface area contributed by atoms with Crippen molar-refractivity contribution in [2.45, 2.75) is 13.3 Å². The third-order valence-electron chi connectivity index (χ3n) is 3.28. The first-order valence-electron chi connectivity index (χ1n) is 6.90. The Morgan fingerprint density at radius 2 is 2.13 bits per heavy atom. The molecule has 0 unspecified atom stereocenters. The standard InChI is InChI=1S/C16H15N3O2S.ClH/c1-3-12-8-13-14(17-9-18-15(13)22-12)19-11-6-4-5-10(7-11)16(20)21-2;/h4-9H,3H2,1-2H3,(H,17,18,19);1H. The first-order valence-corrected chi connectivity index (χ1v) is 7.71. The van der Waals surface area contributed by atoms with Crippen LogP contribution in [0.15, 0.2) is 36.7 Å². The number of carbonyl (C=O) groups is 1. The molecule has 3 rings (SSSR count). The van der Waals surface area contributed by atoms with Crippen molar-refractivity contribution in [3.05, 3.63) is 47.1 Å². The summed E-state index contributed by atoms with van der Waals surface area (Å²) in [5.41, 5.74) is 1.28. The number of thiophene rings is 1. The number of halogens is 1. The fraction of sp³-hybridized carbons (Fsp3) is 0.188. The Labute approximate surface area is 144 Å². The second-order valence-electron chi connectivity index (χ2n) is 4.70. The first kappa shape index (κ1) is 17.2. The predicted octanol–water partition coefficient (Wildman–Crippen LogP) is 4.21. The highest BCUT2D eigenvalue weighted by molar-refractivity contribution is 7.18. The molecule has 1 aromatic carbocycles. The second kappa shape index (κ2) is 7.39. The summed E-state index contributed by atoms with van der Waals surface area (Å²) in [6.07, 6.45) is 2.52. The largest absolute Gasteiger partial charge is 0.465 e. The lowest BCUT2D eigenvalue weighted by Crippen LogP contribution is -2.02. The van der Waals surface area contributed by atoms with Crippen LogP contribution in [0.1, 0.15) is 22.2 Å². The van der Waals surface area contributed by atoms with Crippen molar-refractivity contribution in [1.82, 2.24) is 9.97 Å². The summed E-state index contributed by atoms with van der Waals surface area (Å²) >= 11 is 1.67. The number of aromatic nitrogens is 2. The molecule has 0 atom stereocenters. The number of benzene rings is 1. The lowest BCUT2D eigenvalue weighted by atomic mass is 10.2. The topological polar surface area (TPSA) is 64.1 Å². The van der Waals surface area contributed by atoms with Gasteiger partial charge in [0.1, 0.15) is 17.0 Å². The van der Waals surface area contributed by atoms with E-state index in [0.29, 0.717) is 5.56 Å². The van der Waals surface area contributed by atoms with Gasteiger partial charge >= 0.3 is 5.97 Å². The Balaban J connectivity index is 0.00000192. The number of carbonyl (C=O) groups excluding carboxylic acids is 1. The summed E-state index contributed by atoms with van der Waals surface area (Å²) in [7, 11) is 1.37. The minimum absolute atomic E-state index is 0. The lowest BCUT2D eigenvalue weighted by Gasteiger charge is -2.07. The van der Waals surface area contributed by atoms with E-state index in [1.165, 1.54) is 12.0 Å². The average Bonchev–Trinajstić information content (AvgIpc) is 2.99. The maximum absolute atomic E-state index is 11.6. The van der Waals surface area contributed by atoms with Crippen LogP contribution in [0.2, 0.25) is 0 Å². The van der Waals surface area contributed by atoms with Crippen LogP contribution in [0.4, 0.5) is 11.5 Å². The highest BCUT2D eigenvalue weighted by Gasteiger charge is 2.10. The van der Waals surface area contributed by atoms with Crippen LogP contribution in [0, 0.1) is 0 Å². The SMILES string of the molecule is CCc1cc2c(Nc3cccc(C(=O)OC)c3)ncnc2s1.Cl. The van der Waals surface area contributed by atoms with Gasteiger partial charge in [-0.1, -0.05) is 13.0 Å². The van der Waals surface area contributed by atoms with Crippen molar-refractivity contribution in [2.24, 2.45) is 0 Å². The molecule has 0 aliphatic heterocycles. The number of aryl methyl sites for hydroxylation is 1. The number of hydrogen-bond acceptors (Lipinski definition) is 6. The van der Waals surface area contributed by atoms with Crippen molar-refractivity contribution < 1.29 is 9.53 Å². The molecule has 5 nitrogen and oxygen atoms in total. The number of esters is 1. The molecular weight excluding hydrogens is 334 g/mol. The van der Waals surface area contributed by atoms with Crippen molar-refractivity contribution >= 4 is 51.4 Å². The summed E-state index contributed by atoms with van der Waals surface area (Å²) in [6, 6.07) is 9.25. The van der Waals surface area contributed by atoms with Crippen molar-refractivity contribution in [1.29, 1.82) is 0 Å². The molecule has 0 spiro atoms. The van der Waals surface area contributed by atoms with Crippen molar-refractivity contribution in [3.8, 4) is 0 Å². The zero-order valence-corrected chi connectivity index (χ0v) is 14.3. The van der Waals surface area contributed by atoms with Gasteiger partial charge in [-0.15, -0.1) is 23.7 Å². The van der Waals surface area contributed by atoms with Crippen LogP contribution in [0.25, 0.3) is 10.2 Å². The molecule has 0 radical (unpaired) electrons. The highest BCUT2D eigenvalue weighted by atomic mass is 35.5. The number of nitrogens with zero attached hydrogens (tertiary/aromatic N) is 2. The van der Waals surface area contributed by atoms with Crippen molar-refractivity contribution in [3.63, 3.8) is 0 Å². The van der Waals surface area contributed by atoms with Gasteiger partial charge in [-0.05, 0) is 30.7 Å². The summed E-state index contributed by atoms with van der Waals surface area (Å²) in [5, 5.41) is 4.24. The molecule has 3 aromatic rings. The molecule has 7 heteroatoms. The van der Waals surface area contributed by atoms with Crippen LogP contribution >= 0.6 is 23.7 Å². The summed E-state index contributed by atoms with van der Waals surface area (Å²) < 4.78 is 4.74.